The first-order chi connectivity index (χ1) is 16.1. The summed E-state index contributed by atoms with van der Waals surface area (Å²) < 4.78 is 4.79. The van der Waals surface area contributed by atoms with Gasteiger partial charge in [0.2, 0.25) is 0 Å². The van der Waals surface area contributed by atoms with Crippen LogP contribution in [-0.2, 0) is 15.3 Å². The van der Waals surface area contributed by atoms with Crippen molar-refractivity contribution in [2.75, 3.05) is 7.11 Å². The number of rotatable bonds is 4. The van der Waals surface area contributed by atoms with E-state index in [1.807, 2.05) is 66.7 Å². The lowest BCUT2D eigenvalue weighted by Crippen LogP contribution is -2.50. The minimum atomic E-state index is -0.542. The Bertz CT molecular complexity index is 1370. The summed E-state index contributed by atoms with van der Waals surface area (Å²) in [6, 6.07) is 24.5. The molecule has 5 rings (SSSR count). The number of nitrogens with one attached hydrogen (secondary N) is 1. The van der Waals surface area contributed by atoms with Crippen molar-refractivity contribution in [1.29, 1.82) is 0 Å². The van der Waals surface area contributed by atoms with Gasteiger partial charge in [0.1, 0.15) is 5.70 Å². The first-order valence-corrected chi connectivity index (χ1v) is 11.3. The number of hydrazone groups is 1. The van der Waals surface area contributed by atoms with Crippen molar-refractivity contribution in [1.82, 2.24) is 10.3 Å². The van der Waals surface area contributed by atoms with Crippen molar-refractivity contribution in [2.24, 2.45) is 10.1 Å². The highest BCUT2D eigenvalue weighted by atomic mass is 32.2. The molecule has 0 spiro atoms. The fourth-order valence-corrected chi connectivity index (χ4v) is 4.55. The molecular formula is C25H20N4O3S. The van der Waals surface area contributed by atoms with Gasteiger partial charge in [-0.25, -0.2) is 9.80 Å². The van der Waals surface area contributed by atoms with Gasteiger partial charge in [0.15, 0.2) is 11.3 Å². The van der Waals surface area contributed by atoms with Gasteiger partial charge in [-0.2, -0.15) is 0 Å². The Morgan fingerprint density at radius 3 is 2.52 bits per heavy atom. The summed E-state index contributed by atoms with van der Waals surface area (Å²) in [7, 11) is 1.35. The number of amidine groups is 1. The fraction of sp³-hybridized carbons (Fsp3) is 0.120. The van der Waals surface area contributed by atoms with Crippen LogP contribution in [0.25, 0.3) is 5.70 Å². The molecule has 2 aliphatic heterocycles. The number of hydrogen-bond acceptors (Lipinski definition) is 7. The number of thioether (sulfide) groups is 1. The molecule has 0 unspecified atom stereocenters. The highest BCUT2D eigenvalue weighted by Crippen LogP contribution is 2.31. The first-order valence-electron chi connectivity index (χ1n) is 10.4. The standard InChI is InChI=1S/C25H20N4O3S/c1-32-24(31)18-13-11-17(12-14-18)22-26-20-10-6-5-9-19(20)21-23(30)27-25(28-29(21)22)33-15-16-7-3-2-4-8-16/h2-14,22H,15H2,1H3,(H,27,28,30)/t22-/m0/s1. The van der Waals surface area contributed by atoms with Gasteiger partial charge in [-0.1, -0.05) is 72.4 Å². The number of amides is 1. The maximum atomic E-state index is 13.2. The first kappa shape index (κ1) is 21.0. The maximum Gasteiger partial charge on any atom is 0.337 e. The largest absolute Gasteiger partial charge is 0.465 e. The zero-order valence-corrected chi connectivity index (χ0v) is 18.6. The van der Waals surface area contributed by atoms with Gasteiger partial charge < -0.3 is 4.74 Å². The van der Waals surface area contributed by atoms with Crippen LogP contribution in [0, 0.1) is 0 Å². The molecule has 33 heavy (non-hydrogen) atoms. The van der Waals surface area contributed by atoms with Crippen molar-refractivity contribution in [3.05, 3.63) is 106 Å². The number of esters is 1. The van der Waals surface area contributed by atoms with Crippen molar-refractivity contribution >= 4 is 34.5 Å². The molecule has 2 heterocycles. The molecule has 0 bridgehead atoms. The van der Waals surface area contributed by atoms with E-state index >= 15 is 0 Å². The monoisotopic (exact) mass is 456 g/mol. The zero-order valence-electron chi connectivity index (χ0n) is 17.8. The highest BCUT2D eigenvalue weighted by Gasteiger charge is 2.34. The number of hydrogen-bond donors (Lipinski definition) is 1. The van der Waals surface area contributed by atoms with Crippen LogP contribution in [0.3, 0.4) is 0 Å². The van der Waals surface area contributed by atoms with Crippen LogP contribution >= 0.6 is 11.8 Å². The van der Waals surface area contributed by atoms with Crippen LogP contribution < -0.4 is 15.9 Å². The Morgan fingerprint density at radius 1 is 1.03 bits per heavy atom. The molecule has 0 saturated carbocycles. The molecule has 0 fully saturated rings. The summed E-state index contributed by atoms with van der Waals surface area (Å²) in [5.74, 6) is 0.0452. The highest BCUT2D eigenvalue weighted by molar-refractivity contribution is 8.13. The van der Waals surface area contributed by atoms with Crippen molar-refractivity contribution in [3.63, 3.8) is 0 Å². The van der Waals surface area contributed by atoms with Crippen LogP contribution in [0.2, 0.25) is 0 Å². The molecule has 0 aromatic heterocycles. The molecule has 1 amide bonds. The van der Waals surface area contributed by atoms with Gasteiger partial charge in [-0.05, 0) is 29.3 Å². The summed E-state index contributed by atoms with van der Waals surface area (Å²) in [4.78, 5) is 29.9. The van der Waals surface area contributed by atoms with Crippen LogP contribution in [0.15, 0.2) is 89.0 Å². The Hall–Kier alpha value is -3.91. The summed E-state index contributed by atoms with van der Waals surface area (Å²) in [6.07, 6.45) is -0.542. The molecule has 164 valence electrons. The minimum Gasteiger partial charge on any atom is -0.465 e. The predicted molar refractivity (Wildman–Crippen MR) is 126 cm³/mol. The van der Waals surface area contributed by atoms with E-state index in [4.69, 9.17) is 14.8 Å². The third-order valence-electron chi connectivity index (χ3n) is 5.36. The number of carbonyl (C=O) groups excluding carboxylic acids is 2. The topological polar surface area (TPSA) is 83.4 Å². The molecule has 2 aliphatic rings. The van der Waals surface area contributed by atoms with E-state index in [2.05, 4.69) is 5.32 Å². The normalized spacial score (nSPS) is 16.7. The van der Waals surface area contributed by atoms with Crippen molar-refractivity contribution < 1.29 is 14.3 Å². The average molecular weight is 457 g/mol. The van der Waals surface area contributed by atoms with Crippen LogP contribution in [-0.4, -0.2) is 29.2 Å². The molecule has 0 aliphatic carbocycles. The molecule has 0 saturated heterocycles. The lowest BCUT2D eigenvalue weighted by molar-refractivity contribution is -0.116. The van der Waals surface area contributed by atoms with Gasteiger partial charge in [-0.3, -0.25) is 15.1 Å². The van der Waals surface area contributed by atoms with Gasteiger partial charge >= 0.3 is 5.97 Å². The average Bonchev–Trinajstić information content (AvgIpc) is 2.87. The molecule has 3 aromatic carbocycles. The van der Waals surface area contributed by atoms with E-state index in [-0.39, 0.29) is 5.91 Å². The minimum absolute atomic E-state index is 0.223. The number of fused-ring (bicyclic) bond motifs is 2. The van der Waals surface area contributed by atoms with Gasteiger partial charge in [-0.15, -0.1) is 5.10 Å². The van der Waals surface area contributed by atoms with Gasteiger partial charge in [0.05, 0.1) is 18.0 Å². The van der Waals surface area contributed by atoms with E-state index in [0.717, 1.165) is 21.7 Å². The summed E-state index contributed by atoms with van der Waals surface area (Å²) in [5, 5.41) is 11.3. The van der Waals surface area contributed by atoms with E-state index in [9.17, 15) is 9.59 Å². The number of benzene rings is 3. The smallest absolute Gasteiger partial charge is 0.337 e. The second-order valence-corrected chi connectivity index (χ2v) is 8.42. The second kappa shape index (κ2) is 8.91. The third-order valence-corrected chi connectivity index (χ3v) is 6.30. The zero-order chi connectivity index (χ0) is 22.8. The van der Waals surface area contributed by atoms with Crippen LogP contribution in [0.5, 0.6) is 0 Å². The van der Waals surface area contributed by atoms with E-state index in [1.165, 1.54) is 18.9 Å². The Morgan fingerprint density at radius 2 is 1.76 bits per heavy atom. The van der Waals surface area contributed by atoms with E-state index in [1.54, 1.807) is 17.1 Å². The molecule has 1 atom stereocenters. The summed E-state index contributed by atoms with van der Waals surface area (Å²) in [6.45, 7) is 0. The molecule has 0 radical (unpaired) electrons. The van der Waals surface area contributed by atoms with E-state index < -0.39 is 12.1 Å². The third kappa shape index (κ3) is 4.12. The second-order valence-electron chi connectivity index (χ2n) is 7.46. The van der Waals surface area contributed by atoms with Crippen molar-refractivity contribution in [3.8, 4) is 0 Å². The van der Waals surface area contributed by atoms with Gasteiger partial charge in [0.25, 0.3) is 5.91 Å². The Balaban J connectivity index is 1.54. The maximum absolute atomic E-state index is 13.2. The van der Waals surface area contributed by atoms with Gasteiger partial charge in [0, 0.05) is 11.0 Å². The van der Waals surface area contributed by atoms with Crippen LogP contribution in [0.4, 0.5) is 0 Å². The molecular weight excluding hydrogens is 436 g/mol. The number of para-hydroxylation sites is 1. The molecule has 1 N–H and O–H groups in total. The summed E-state index contributed by atoms with van der Waals surface area (Å²) >= 11 is 1.46. The Labute approximate surface area is 194 Å². The fourth-order valence-electron chi connectivity index (χ4n) is 3.74. The molecule has 8 heteroatoms. The quantitative estimate of drug-likeness (QED) is 0.610. The SMILES string of the molecule is COC(=O)c1ccc([C@H]2N=c3ccccc3=C3C(=O)NC(SCc4ccccc4)=NN32)cc1. The lowest BCUT2D eigenvalue weighted by Gasteiger charge is -2.34. The number of ether oxygens (including phenoxy) is 1. The number of nitrogens with zero attached hydrogens (tertiary/aromatic N) is 3. The van der Waals surface area contributed by atoms with E-state index in [0.29, 0.717) is 22.2 Å². The predicted octanol–water partition coefficient (Wildman–Crippen LogP) is 2.55. The number of methoxy groups -OCH3 is 1. The van der Waals surface area contributed by atoms with Crippen molar-refractivity contribution in [2.45, 2.75) is 11.9 Å². The molecule has 3 aromatic rings. The lowest BCUT2D eigenvalue weighted by atomic mass is 10.1. The molecule has 7 nitrogen and oxygen atoms in total. The number of carbonyl (C=O) groups is 2. The Kier molecular flexibility index (Phi) is 5.66. The summed E-state index contributed by atoms with van der Waals surface area (Å²) in [5.41, 5.74) is 2.84. The van der Waals surface area contributed by atoms with Crippen LogP contribution in [0.1, 0.15) is 27.7 Å².